The molecule has 206 valence electrons. The Kier molecular flexibility index (Phi) is 8.64. The Morgan fingerprint density at radius 1 is 1.10 bits per heavy atom. The quantitative estimate of drug-likeness (QED) is 0.134. The van der Waals surface area contributed by atoms with E-state index in [0.29, 0.717) is 11.5 Å². The molecular weight excluding hydrogens is 588 g/mol. The van der Waals surface area contributed by atoms with Gasteiger partial charge in [0.15, 0.2) is 12.4 Å². The van der Waals surface area contributed by atoms with Crippen molar-refractivity contribution in [1.29, 1.82) is 0 Å². The van der Waals surface area contributed by atoms with Crippen LogP contribution < -0.4 is 14.9 Å². The summed E-state index contributed by atoms with van der Waals surface area (Å²) in [7, 11) is 0. The number of hydrazone groups is 1. The van der Waals surface area contributed by atoms with Crippen LogP contribution in [0, 0.1) is 24.0 Å². The normalized spacial score (nSPS) is 11.0. The summed E-state index contributed by atoms with van der Waals surface area (Å²) < 4.78 is 18.6. The van der Waals surface area contributed by atoms with Crippen molar-refractivity contribution < 1.29 is 33.5 Å². The van der Waals surface area contributed by atoms with E-state index in [1.807, 2.05) is 38.1 Å². The minimum absolute atomic E-state index is 0.00534. The number of nitro benzene ring substituents is 1. The van der Waals surface area contributed by atoms with Crippen molar-refractivity contribution in [3.05, 3.63) is 104 Å². The van der Waals surface area contributed by atoms with Gasteiger partial charge in [0.05, 0.1) is 15.6 Å². The summed E-state index contributed by atoms with van der Waals surface area (Å²) in [4.78, 5) is 33.8. The number of carboxylic acids is 1. The van der Waals surface area contributed by atoms with Crippen molar-refractivity contribution in [1.82, 2.24) is 9.99 Å². The van der Waals surface area contributed by atoms with Crippen molar-refractivity contribution in [2.75, 3.05) is 6.61 Å². The Morgan fingerprint density at radius 3 is 2.45 bits per heavy atom. The first-order chi connectivity index (χ1) is 19.1. The van der Waals surface area contributed by atoms with Gasteiger partial charge in [0.25, 0.3) is 0 Å². The third kappa shape index (κ3) is 6.74. The molecule has 0 aliphatic heterocycles. The second-order valence-corrected chi connectivity index (χ2v) is 9.34. The number of rotatable bonds is 11. The molecular formula is C27H23BrN4O8. The monoisotopic (exact) mass is 610 g/mol. The number of nitrogens with one attached hydrogen (secondary N) is 1. The molecule has 40 heavy (non-hydrogen) atoms. The van der Waals surface area contributed by atoms with E-state index in [-0.39, 0.29) is 28.2 Å². The Morgan fingerprint density at radius 2 is 1.80 bits per heavy atom. The highest BCUT2D eigenvalue weighted by Gasteiger charge is 2.21. The second-order valence-electron chi connectivity index (χ2n) is 8.49. The van der Waals surface area contributed by atoms with Crippen molar-refractivity contribution in [2.45, 2.75) is 20.5 Å². The first-order valence-electron chi connectivity index (χ1n) is 11.7. The van der Waals surface area contributed by atoms with Crippen LogP contribution >= 0.6 is 15.9 Å². The molecule has 0 atom stereocenters. The lowest BCUT2D eigenvalue weighted by molar-refractivity contribution is -0.385. The number of carbonyl (C=O) groups is 2. The van der Waals surface area contributed by atoms with Gasteiger partial charge < -0.3 is 23.6 Å². The van der Waals surface area contributed by atoms with Crippen LogP contribution in [0.3, 0.4) is 0 Å². The molecule has 0 aliphatic carbocycles. The number of nitrogens with zero attached hydrogens (tertiary/aromatic N) is 3. The summed E-state index contributed by atoms with van der Waals surface area (Å²) in [6.07, 6.45) is 1.18. The second kappa shape index (κ2) is 12.3. The lowest BCUT2D eigenvalue weighted by Crippen LogP contribution is -2.16. The summed E-state index contributed by atoms with van der Waals surface area (Å²) in [5.74, 6) is -1.10. The Hall–Kier alpha value is -4.91. The van der Waals surface area contributed by atoms with Crippen LogP contribution in [0.4, 0.5) is 5.69 Å². The van der Waals surface area contributed by atoms with Crippen molar-refractivity contribution >= 4 is 39.7 Å². The van der Waals surface area contributed by atoms with E-state index in [9.17, 15) is 19.7 Å². The molecule has 2 heterocycles. The number of benzene rings is 2. The fourth-order valence-corrected chi connectivity index (χ4v) is 4.39. The molecule has 0 aliphatic rings. The maximum Gasteiger partial charge on any atom is 0.341 e. The third-order valence-corrected chi connectivity index (χ3v) is 6.18. The van der Waals surface area contributed by atoms with Gasteiger partial charge in [-0.05, 0) is 84.4 Å². The molecule has 13 heteroatoms. The Bertz CT molecular complexity index is 1570. The standard InChI is InChI=1S/C27H23BrN4O8/c1-16-3-4-17(2)31(16)19-5-7-20(8-6-19)38-14-21-9-10-24(40-21)27(35)30-29-13-18-11-22(28)26(39-15-25(33)34)23(12-18)32(36)37/h3-13H,14-15H2,1-2H3,(H,30,35)(H,33,34)/b29-13+. The van der Waals surface area contributed by atoms with Crippen LogP contribution in [-0.4, -0.2) is 39.3 Å². The van der Waals surface area contributed by atoms with Crippen LogP contribution in [0.25, 0.3) is 5.69 Å². The zero-order valence-corrected chi connectivity index (χ0v) is 22.9. The summed E-state index contributed by atoms with van der Waals surface area (Å²) in [5, 5.41) is 24.0. The van der Waals surface area contributed by atoms with Crippen molar-refractivity contribution in [3.63, 3.8) is 0 Å². The van der Waals surface area contributed by atoms with E-state index in [2.05, 4.69) is 43.2 Å². The Labute approximate surface area is 236 Å². The SMILES string of the molecule is Cc1ccc(C)n1-c1ccc(OCc2ccc(C(=O)N/N=C/c3cc(Br)c(OCC(=O)O)c([N+](=O)[O-])c3)o2)cc1. The van der Waals surface area contributed by atoms with Gasteiger partial charge in [0.1, 0.15) is 18.1 Å². The fraction of sp³-hybridized carbons (Fsp3) is 0.148. The molecule has 12 nitrogen and oxygen atoms in total. The third-order valence-electron chi connectivity index (χ3n) is 5.60. The number of aryl methyl sites for hydroxylation is 2. The lowest BCUT2D eigenvalue weighted by atomic mass is 10.2. The summed E-state index contributed by atoms with van der Waals surface area (Å²) >= 11 is 3.13. The molecule has 0 radical (unpaired) electrons. The lowest BCUT2D eigenvalue weighted by Gasteiger charge is -2.10. The average molecular weight is 611 g/mol. The van der Waals surface area contributed by atoms with Crippen LogP contribution in [0.15, 0.2) is 74.7 Å². The number of amides is 1. The largest absolute Gasteiger partial charge is 0.486 e. The summed E-state index contributed by atoms with van der Waals surface area (Å²) in [6, 6.07) is 17.4. The van der Waals surface area contributed by atoms with E-state index in [1.54, 1.807) is 6.07 Å². The number of furan rings is 1. The number of ether oxygens (including phenoxy) is 2. The van der Waals surface area contributed by atoms with Crippen LogP contribution in [0.2, 0.25) is 0 Å². The van der Waals surface area contributed by atoms with E-state index >= 15 is 0 Å². The van der Waals surface area contributed by atoms with Gasteiger partial charge in [-0.1, -0.05) is 0 Å². The van der Waals surface area contributed by atoms with Crippen LogP contribution in [-0.2, 0) is 11.4 Å². The smallest absolute Gasteiger partial charge is 0.341 e. The number of hydrogen-bond donors (Lipinski definition) is 2. The van der Waals surface area contributed by atoms with Gasteiger partial charge in [-0.15, -0.1) is 0 Å². The molecule has 0 bridgehead atoms. The number of halogens is 1. The zero-order valence-electron chi connectivity index (χ0n) is 21.3. The van der Waals surface area contributed by atoms with Crippen molar-refractivity contribution in [3.8, 4) is 17.2 Å². The number of aliphatic carboxylic acids is 1. The number of hydrogen-bond acceptors (Lipinski definition) is 8. The molecule has 0 saturated carbocycles. The Balaban J connectivity index is 1.34. The van der Waals surface area contributed by atoms with E-state index < -0.39 is 29.1 Å². The summed E-state index contributed by atoms with van der Waals surface area (Å²) in [5.41, 5.74) is 5.35. The molecule has 1 amide bonds. The van der Waals surface area contributed by atoms with E-state index in [0.717, 1.165) is 23.1 Å². The molecule has 0 saturated heterocycles. The van der Waals surface area contributed by atoms with E-state index in [1.165, 1.54) is 18.3 Å². The molecule has 2 N–H and O–H groups in total. The fourth-order valence-electron chi connectivity index (χ4n) is 3.81. The van der Waals surface area contributed by atoms with Gasteiger partial charge in [-0.2, -0.15) is 5.10 Å². The van der Waals surface area contributed by atoms with Gasteiger partial charge in [0, 0.05) is 28.7 Å². The molecule has 2 aromatic carbocycles. The molecule has 4 aromatic rings. The van der Waals surface area contributed by atoms with Crippen molar-refractivity contribution in [2.24, 2.45) is 5.10 Å². The first kappa shape index (κ1) is 28.1. The maximum atomic E-state index is 12.4. The minimum atomic E-state index is -1.28. The van der Waals surface area contributed by atoms with Gasteiger partial charge in [-0.25, -0.2) is 10.2 Å². The molecule has 0 unspecified atom stereocenters. The predicted octanol–water partition coefficient (Wildman–Crippen LogP) is 5.16. The van der Waals surface area contributed by atoms with Gasteiger partial charge in [0.2, 0.25) is 5.75 Å². The maximum absolute atomic E-state index is 12.4. The molecule has 2 aromatic heterocycles. The zero-order chi connectivity index (χ0) is 28.8. The first-order valence-corrected chi connectivity index (χ1v) is 12.5. The topological polar surface area (TPSA) is 158 Å². The molecule has 0 fully saturated rings. The average Bonchev–Trinajstić information content (AvgIpc) is 3.53. The number of aromatic nitrogens is 1. The van der Waals surface area contributed by atoms with E-state index in [4.69, 9.17) is 19.0 Å². The van der Waals surface area contributed by atoms with Crippen LogP contribution in [0.1, 0.15) is 33.3 Å². The van der Waals surface area contributed by atoms with Gasteiger partial charge >= 0.3 is 17.6 Å². The number of nitro groups is 1. The van der Waals surface area contributed by atoms with Crippen LogP contribution in [0.5, 0.6) is 11.5 Å². The highest BCUT2D eigenvalue weighted by atomic mass is 79.9. The minimum Gasteiger partial charge on any atom is -0.486 e. The highest BCUT2D eigenvalue weighted by Crippen LogP contribution is 2.36. The van der Waals surface area contributed by atoms with Gasteiger partial charge in [-0.3, -0.25) is 14.9 Å². The predicted molar refractivity (Wildman–Crippen MR) is 147 cm³/mol. The number of carboxylic acid groups (broad SMARTS) is 1. The highest BCUT2D eigenvalue weighted by molar-refractivity contribution is 9.10. The summed E-state index contributed by atoms with van der Waals surface area (Å²) in [6.45, 7) is 3.43. The molecule has 0 spiro atoms. The molecule has 4 rings (SSSR count). The number of carbonyl (C=O) groups excluding carboxylic acids is 1.